The van der Waals surface area contributed by atoms with Crippen molar-refractivity contribution in [3.8, 4) is 11.8 Å². The minimum Gasteiger partial charge on any atom is -0.481 e. The Kier molecular flexibility index (Phi) is 20.0. The molecule has 68 heavy (non-hydrogen) atoms. The van der Waals surface area contributed by atoms with Crippen LogP contribution in [-0.2, 0) is 33.5 Å². The highest BCUT2D eigenvalue weighted by molar-refractivity contribution is 5.96. The Hall–Kier alpha value is -4.51. The van der Waals surface area contributed by atoms with Gasteiger partial charge in [0, 0.05) is 24.9 Å². The lowest BCUT2D eigenvalue weighted by Crippen LogP contribution is -2.58. The Labute approximate surface area is 404 Å². The molecule has 14 heteroatoms. The fourth-order valence-electron chi connectivity index (χ4n) is 12.5. The Morgan fingerprint density at radius 1 is 0.662 bits per heavy atom. The van der Waals surface area contributed by atoms with E-state index in [0.717, 1.165) is 89.4 Å². The number of rotatable bonds is 11. The van der Waals surface area contributed by atoms with Crippen LogP contribution in [0.25, 0.3) is 0 Å². The summed E-state index contributed by atoms with van der Waals surface area (Å²) in [4.78, 5) is 86.9. The van der Waals surface area contributed by atoms with Crippen LogP contribution in [0.3, 0.4) is 0 Å². The van der Waals surface area contributed by atoms with Crippen LogP contribution in [0.1, 0.15) is 185 Å². The van der Waals surface area contributed by atoms with Gasteiger partial charge in [0.05, 0.1) is 12.5 Å². The number of carbonyl (C=O) groups is 6. The van der Waals surface area contributed by atoms with Crippen LogP contribution in [0, 0.1) is 47.3 Å². The second-order valence-corrected chi connectivity index (χ2v) is 21.4. The number of carboxylic acids is 1. The van der Waals surface area contributed by atoms with E-state index in [4.69, 9.17) is 4.74 Å². The highest BCUT2D eigenvalue weighted by Gasteiger charge is 2.37. The molecular formula is C54H80N6O8. The van der Waals surface area contributed by atoms with Crippen molar-refractivity contribution in [2.75, 3.05) is 13.2 Å². The van der Waals surface area contributed by atoms with Crippen molar-refractivity contribution in [3.63, 3.8) is 0 Å². The summed E-state index contributed by atoms with van der Waals surface area (Å²) in [6.07, 6.45) is 27.5. The second kappa shape index (κ2) is 26.5. The summed E-state index contributed by atoms with van der Waals surface area (Å²) < 4.78 is 6.12. The van der Waals surface area contributed by atoms with Crippen molar-refractivity contribution in [1.82, 2.24) is 31.6 Å². The zero-order valence-electron chi connectivity index (χ0n) is 40.5. The van der Waals surface area contributed by atoms with Crippen LogP contribution in [-0.4, -0.2) is 89.0 Å². The van der Waals surface area contributed by atoms with Gasteiger partial charge < -0.3 is 36.4 Å². The molecule has 374 valence electrons. The lowest BCUT2D eigenvalue weighted by Gasteiger charge is -2.37. The molecule has 8 rings (SSSR count). The van der Waals surface area contributed by atoms with E-state index >= 15 is 0 Å². The molecule has 1 aromatic rings. The summed E-state index contributed by atoms with van der Waals surface area (Å²) in [5, 5.41) is 24.0. The molecule has 7 aliphatic rings. The number of nitrogens with zero attached hydrogens (tertiary/aromatic N) is 1. The Morgan fingerprint density at radius 3 is 2.00 bits per heavy atom. The van der Waals surface area contributed by atoms with E-state index in [-0.39, 0.29) is 43.4 Å². The first kappa shape index (κ1) is 51.3. The molecule has 0 spiro atoms. The zero-order valence-corrected chi connectivity index (χ0v) is 40.5. The maximum atomic E-state index is 14.9. The number of aliphatic carboxylic acids is 1. The molecule has 1 aromatic heterocycles. The van der Waals surface area contributed by atoms with E-state index in [1.807, 2.05) is 12.4 Å². The molecule has 5 aliphatic carbocycles. The highest BCUT2D eigenvalue weighted by atomic mass is 16.5. The number of carbonyl (C=O) groups excluding carboxylic acids is 5. The van der Waals surface area contributed by atoms with E-state index in [1.165, 1.54) is 44.1 Å². The van der Waals surface area contributed by atoms with Gasteiger partial charge in [-0.1, -0.05) is 88.9 Å². The number of nitrogens with one attached hydrogen (secondary N) is 5. The fourth-order valence-corrected chi connectivity index (χ4v) is 12.5. The van der Waals surface area contributed by atoms with Gasteiger partial charge in [0.2, 0.25) is 23.6 Å². The van der Waals surface area contributed by atoms with Crippen molar-refractivity contribution < 1.29 is 38.6 Å². The van der Waals surface area contributed by atoms with Gasteiger partial charge in [-0.05, 0) is 143 Å². The molecule has 4 unspecified atom stereocenters. The third-order valence-corrected chi connectivity index (χ3v) is 16.6. The summed E-state index contributed by atoms with van der Waals surface area (Å²) in [5.41, 5.74) is 1.27. The van der Waals surface area contributed by atoms with Crippen LogP contribution in [0.15, 0.2) is 24.5 Å². The number of aromatic nitrogens is 1. The molecule has 6 N–H and O–H groups in total. The normalized spacial score (nSPS) is 32.1. The third kappa shape index (κ3) is 16.0. The SMILES string of the molecule is O=C(O)CCNC(=O)C1CC2CCC(CC2)OCC(=O)NC(C#CC2CCC(c3ccncc3)CC2)C(=O)NC(CC2CCC(C3CCCCC3)CC2)C(=O)NC(CCC2CCCCC2)C(=O)N1. The Bertz CT molecular complexity index is 1870. The summed E-state index contributed by atoms with van der Waals surface area (Å²) in [6.45, 7) is -0.326. The van der Waals surface area contributed by atoms with Crippen LogP contribution < -0.4 is 26.6 Å². The average Bonchev–Trinajstić information content (AvgIpc) is 3.36. The van der Waals surface area contributed by atoms with Gasteiger partial charge in [-0.15, -0.1) is 0 Å². The fraction of sp³-hybridized carbons (Fsp3) is 0.759. The molecule has 5 saturated carbocycles. The van der Waals surface area contributed by atoms with Crippen molar-refractivity contribution in [2.45, 2.75) is 210 Å². The third-order valence-electron chi connectivity index (χ3n) is 16.6. The first-order valence-corrected chi connectivity index (χ1v) is 26.8. The van der Waals surface area contributed by atoms with Gasteiger partial charge in [0.1, 0.15) is 24.7 Å². The van der Waals surface area contributed by atoms with Crippen LogP contribution in [0.2, 0.25) is 0 Å². The van der Waals surface area contributed by atoms with Crippen molar-refractivity contribution in [3.05, 3.63) is 30.1 Å². The molecule has 5 amide bonds. The molecule has 0 aromatic carbocycles. The van der Waals surface area contributed by atoms with Crippen molar-refractivity contribution >= 4 is 35.5 Å². The monoisotopic (exact) mass is 941 g/mol. The maximum Gasteiger partial charge on any atom is 0.305 e. The molecule has 4 atom stereocenters. The largest absolute Gasteiger partial charge is 0.481 e. The number of hydrogen-bond donors (Lipinski definition) is 6. The van der Waals surface area contributed by atoms with Gasteiger partial charge in [-0.25, -0.2) is 0 Å². The van der Waals surface area contributed by atoms with Crippen LogP contribution in [0.5, 0.6) is 0 Å². The number of hydrogen-bond acceptors (Lipinski definition) is 8. The minimum atomic E-state index is -1.22. The molecule has 2 aliphatic heterocycles. The van der Waals surface area contributed by atoms with Crippen LogP contribution in [0.4, 0.5) is 0 Å². The van der Waals surface area contributed by atoms with E-state index in [0.29, 0.717) is 62.7 Å². The Balaban J connectivity index is 1.13. The zero-order chi connectivity index (χ0) is 47.7. The predicted molar refractivity (Wildman–Crippen MR) is 258 cm³/mol. The standard InChI is InChI=1S/C54H80N6O8/c61-49-35-68-44-23-15-39(16-24-44)33-47(51(64)56-32-29-50(62)63)59-53(66)46(26-17-36-7-3-1-4-8-36)58-54(67)48(34-38-13-21-41(22-14-38)40-9-5-2-6-10-40)60-52(65)45(57-49)25-18-37-11-19-42(20-12-37)43-27-30-55-31-28-43/h27-28,30-31,36-42,44-48H,1-17,19-24,26,29,32-35H2,(H,56,64)(H,57,61)(H,58,67)(H,59,66)(H,60,65)(H,62,63). The summed E-state index contributed by atoms with van der Waals surface area (Å²) >= 11 is 0. The molecule has 14 nitrogen and oxygen atoms in total. The quantitative estimate of drug-likeness (QED) is 0.0997. The maximum absolute atomic E-state index is 14.9. The number of ether oxygens (including phenoxy) is 1. The van der Waals surface area contributed by atoms with E-state index in [9.17, 15) is 33.9 Å². The van der Waals surface area contributed by atoms with E-state index in [1.54, 1.807) is 0 Å². The predicted octanol–water partition coefficient (Wildman–Crippen LogP) is 7.01. The lowest BCUT2D eigenvalue weighted by atomic mass is 9.70. The van der Waals surface area contributed by atoms with Gasteiger partial charge in [0.15, 0.2) is 6.04 Å². The Morgan fingerprint density at radius 2 is 1.31 bits per heavy atom. The summed E-state index contributed by atoms with van der Waals surface area (Å²) in [6, 6.07) is 0.00745. The molecule has 7 fully saturated rings. The van der Waals surface area contributed by atoms with Gasteiger partial charge in [-0.3, -0.25) is 33.8 Å². The van der Waals surface area contributed by atoms with E-state index < -0.39 is 59.7 Å². The van der Waals surface area contributed by atoms with E-state index in [2.05, 4.69) is 55.5 Å². The second-order valence-electron chi connectivity index (χ2n) is 21.4. The van der Waals surface area contributed by atoms with Crippen LogP contribution >= 0.6 is 0 Å². The number of amides is 5. The topological polar surface area (TPSA) is 205 Å². The number of pyridine rings is 1. The number of carboxylic acid groups (broad SMARTS) is 1. The summed E-state index contributed by atoms with van der Waals surface area (Å²) in [7, 11) is 0. The first-order valence-electron chi connectivity index (χ1n) is 26.8. The lowest BCUT2D eigenvalue weighted by molar-refractivity contribution is -0.137. The molecule has 2 bridgehead atoms. The highest BCUT2D eigenvalue weighted by Crippen LogP contribution is 2.41. The molecule has 2 saturated heterocycles. The smallest absolute Gasteiger partial charge is 0.305 e. The minimum absolute atomic E-state index is 0.0474. The first-order chi connectivity index (χ1) is 33.1. The van der Waals surface area contributed by atoms with Gasteiger partial charge in [0.25, 0.3) is 5.91 Å². The van der Waals surface area contributed by atoms with Crippen molar-refractivity contribution in [2.24, 2.45) is 35.5 Å². The van der Waals surface area contributed by atoms with Gasteiger partial charge in [-0.2, -0.15) is 0 Å². The number of fused-ring (bicyclic) bond motifs is 16. The molecule has 0 radical (unpaired) electrons. The molecule has 3 heterocycles. The average molecular weight is 941 g/mol. The van der Waals surface area contributed by atoms with Gasteiger partial charge >= 0.3 is 5.97 Å². The van der Waals surface area contributed by atoms with Crippen molar-refractivity contribution in [1.29, 1.82) is 0 Å². The molecular weight excluding hydrogens is 861 g/mol. The summed E-state index contributed by atoms with van der Waals surface area (Å²) in [5.74, 6) is 5.63.